The zero-order valence-electron chi connectivity index (χ0n) is 18.1. The van der Waals surface area contributed by atoms with Gasteiger partial charge in [-0.1, -0.05) is 54.7 Å². The standard InChI is InChI=1S/C22H13Cl3N4O2.C2H6/c1-12-14(9-19-28-29-22(31-19)17-3-2-6-27-21(17)25)4-5-18(24)20(12)30-16-8-13(11-26)7-15(23)10-16;1-2/h2-8,10H,9H2,1H3;1-2H3. The van der Waals surface area contributed by atoms with Gasteiger partial charge in [0, 0.05) is 11.2 Å². The lowest BCUT2D eigenvalue weighted by atomic mass is 10.0. The average molecular weight is 502 g/mol. The highest BCUT2D eigenvalue weighted by molar-refractivity contribution is 6.32. The lowest BCUT2D eigenvalue weighted by Gasteiger charge is -2.14. The van der Waals surface area contributed by atoms with Crippen LogP contribution < -0.4 is 4.74 Å². The summed E-state index contributed by atoms with van der Waals surface area (Å²) in [6, 6.07) is 13.9. The summed E-state index contributed by atoms with van der Waals surface area (Å²) in [7, 11) is 0. The van der Waals surface area contributed by atoms with Crippen LogP contribution >= 0.6 is 34.8 Å². The van der Waals surface area contributed by atoms with E-state index in [0.29, 0.717) is 50.9 Å². The van der Waals surface area contributed by atoms with Gasteiger partial charge in [0.2, 0.25) is 5.89 Å². The van der Waals surface area contributed by atoms with Gasteiger partial charge in [0.15, 0.2) is 0 Å². The number of rotatable bonds is 5. The van der Waals surface area contributed by atoms with E-state index in [1.54, 1.807) is 42.6 Å². The van der Waals surface area contributed by atoms with Crippen molar-refractivity contribution in [3.63, 3.8) is 0 Å². The molecule has 2 heterocycles. The van der Waals surface area contributed by atoms with Crippen molar-refractivity contribution in [2.24, 2.45) is 0 Å². The van der Waals surface area contributed by atoms with E-state index in [-0.39, 0.29) is 5.15 Å². The predicted molar refractivity (Wildman–Crippen MR) is 129 cm³/mol. The van der Waals surface area contributed by atoms with Crippen LogP contribution in [0.2, 0.25) is 15.2 Å². The largest absolute Gasteiger partial charge is 0.455 e. The van der Waals surface area contributed by atoms with E-state index in [1.807, 2.05) is 32.9 Å². The minimum absolute atomic E-state index is 0.286. The van der Waals surface area contributed by atoms with E-state index in [0.717, 1.165) is 11.1 Å². The number of hydrogen-bond donors (Lipinski definition) is 0. The molecule has 0 radical (unpaired) electrons. The van der Waals surface area contributed by atoms with Gasteiger partial charge in [-0.3, -0.25) is 0 Å². The number of halogens is 3. The van der Waals surface area contributed by atoms with Crippen molar-refractivity contribution in [2.75, 3.05) is 0 Å². The van der Waals surface area contributed by atoms with E-state index >= 15 is 0 Å². The first-order valence-corrected chi connectivity index (χ1v) is 11.2. The molecule has 0 saturated carbocycles. The quantitative estimate of drug-likeness (QED) is 0.261. The van der Waals surface area contributed by atoms with Gasteiger partial charge >= 0.3 is 0 Å². The Bertz CT molecular complexity index is 1320. The third-order valence-corrected chi connectivity index (χ3v) is 5.31. The van der Waals surface area contributed by atoms with Crippen LogP contribution in [0.5, 0.6) is 11.5 Å². The van der Waals surface area contributed by atoms with Crippen LogP contribution in [0.4, 0.5) is 0 Å². The smallest absolute Gasteiger partial charge is 0.250 e. The summed E-state index contributed by atoms with van der Waals surface area (Å²) in [5.41, 5.74) is 2.63. The van der Waals surface area contributed by atoms with Crippen LogP contribution in [-0.2, 0) is 6.42 Å². The van der Waals surface area contributed by atoms with Crippen molar-refractivity contribution in [1.82, 2.24) is 15.2 Å². The Morgan fingerprint density at radius 3 is 2.58 bits per heavy atom. The minimum Gasteiger partial charge on any atom is -0.455 e. The summed E-state index contributed by atoms with van der Waals surface area (Å²) in [5.74, 6) is 1.57. The second-order valence-electron chi connectivity index (χ2n) is 6.57. The molecule has 0 unspecified atom stereocenters. The molecule has 4 aromatic rings. The van der Waals surface area contributed by atoms with Crippen molar-refractivity contribution in [1.29, 1.82) is 5.26 Å². The fourth-order valence-corrected chi connectivity index (χ4v) is 3.63. The first-order valence-electron chi connectivity index (χ1n) is 10.0. The van der Waals surface area contributed by atoms with E-state index < -0.39 is 0 Å². The van der Waals surface area contributed by atoms with Crippen molar-refractivity contribution >= 4 is 34.8 Å². The van der Waals surface area contributed by atoms with Gasteiger partial charge in [-0.2, -0.15) is 5.26 Å². The molecule has 33 heavy (non-hydrogen) atoms. The predicted octanol–water partition coefficient (Wildman–Crippen LogP) is 7.68. The molecule has 0 saturated heterocycles. The number of nitrogens with zero attached hydrogens (tertiary/aromatic N) is 4. The molecular weight excluding hydrogens is 483 g/mol. The highest BCUT2D eigenvalue weighted by Crippen LogP contribution is 2.36. The Hall–Kier alpha value is -3.11. The molecule has 0 spiro atoms. The summed E-state index contributed by atoms with van der Waals surface area (Å²) < 4.78 is 11.7. The molecule has 0 amide bonds. The number of aromatic nitrogens is 3. The van der Waals surface area contributed by atoms with Crippen LogP contribution in [-0.4, -0.2) is 15.2 Å². The molecule has 0 aliphatic carbocycles. The number of benzene rings is 2. The Kier molecular flexibility index (Phi) is 8.29. The molecule has 2 aromatic heterocycles. The van der Waals surface area contributed by atoms with Gasteiger partial charge in [0.25, 0.3) is 5.89 Å². The maximum absolute atomic E-state index is 9.15. The Morgan fingerprint density at radius 2 is 1.85 bits per heavy atom. The molecule has 168 valence electrons. The fraction of sp³-hybridized carbons (Fsp3) is 0.167. The highest BCUT2D eigenvalue weighted by atomic mass is 35.5. The summed E-state index contributed by atoms with van der Waals surface area (Å²) in [6.07, 6.45) is 1.95. The topological polar surface area (TPSA) is 84.8 Å². The van der Waals surface area contributed by atoms with E-state index in [1.165, 1.54) is 0 Å². The van der Waals surface area contributed by atoms with Gasteiger partial charge in [-0.05, 0) is 54.4 Å². The van der Waals surface area contributed by atoms with Gasteiger partial charge in [0.1, 0.15) is 16.7 Å². The molecule has 0 aliphatic rings. The number of nitriles is 1. The second-order valence-corrected chi connectivity index (χ2v) is 7.77. The van der Waals surface area contributed by atoms with Gasteiger partial charge in [-0.25, -0.2) is 4.98 Å². The highest BCUT2D eigenvalue weighted by Gasteiger charge is 2.17. The maximum Gasteiger partial charge on any atom is 0.250 e. The van der Waals surface area contributed by atoms with Crippen molar-refractivity contribution < 1.29 is 9.15 Å². The van der Waals surface area contributed by atoms with Gasteiger partial charge < -0.3 is 9.15 Å². The summed E-state index contributed by atoms with van der Waals surface area (Å²) in [4.78, 5) is 4.02. The molecule has 0 fully saturated rings. The molecule has 0 aliphatic heterocycles. The molecule has 9 heteroatoms. The zero-order valence-corrected chi connectivity index (χ0v) is 20.3. The lowest BCUT2D eigenvalue weighted by molar-refractivity contribution is 0.477. The normalized spacial score (nSPS) is 10.2. The summed E-state index contributed by atoms with van der Waals surface area (Å²) in [5, 5.41) is 18.4. The minimum atomic E-state index is 0.286. The van der Waals surface area contributed by atoms with Crippen LogP contribution in [0.25, 0.3) is 11.5 Å². The van der Waals surface area contributed by atoms with E-state index in [9.17, 15) is 0 Å². The number of ether oxygens (including phenoxy) is 1. The fourth-order valence-electron chi connectivity index (χ4n) is 2.96. The molecule has 0 atom stereocenters. The molecule has 0 bridgehead atoms. The maximum atomic E-state index is 9.15. The van der Waals surface area contributed by atoms with E-state index in [2.05, 4.69) is 15.2 Å². The first kappa shape index (κ1) is 24.5. The third-order valence-electron chi connectivity index (χ3n) is 4.49. The Balaban J connectivity index is 0.00000149. The average Bonchev–Trinajstić information content (AvgIpc) is 3.28. The van der Waals surface area contributed by atoms with Crippen molar-refractivity contribution in [3.05, 3.63) is 86.4 Å². The molecular formula is C24H19Cl3N4O2. The molecule has 6 nitrogen and oxygen atoms in total. The van der Waals surface area contributed by atoms with Crippen molar-refractivity contribution in [2.45, 2.75) is 27.2 Å². The van der Waals surface area contributed by atoms with Gasteiger partial charge in [-0.15, -0.1) is 10.2 Å². The monoisotopic (exact) mass is 500 g/mol. The van der Waals surface area contributed by atoms with Crippen LogP contribution in [0.1, 0.15) is 36.4 Å². The number of pyridine rings is 1. The van der Waals surface area contributed by atoms with Crippen molar-refractivity contribution in [3.8, 4) is 29.0 Å². The summed E-state index contributed by atoms with van der Waals surface area (Å²) >= 11 is 18.5. The van der Waals surface area contributed by atoms with Crippen LogP contribution in [0, 0.1) is 18.3 Å². The second kappa shape index (κ2) is 11.2. The third kappa shape index (κ3) is 5.82. The van der Waals surface area contributed by atoms with E-state index in [4.69, 9.17) is 49.2 Å². The lowest BCUT2D eigenvalue weighted by Crippen LogP contribution is -1.97. The Morgan fingerprint density at radius 1 is 1.06 bits per heavy atom. The Labute approximate surface area is 206 Å². The number of hydrogen-bond acceptors (Lipinski definition) is 6. The molecule has 0 N–H and O–H groups in total. The van der Waals surface area contributed by atoms with Crippen LogP contribution in [0.15, 0.2) is 53.1 Å². The first-order chi connectivity index (χ1) is 15.9. The summed E-state index contributed by atoms with van der Waals surface area (Å²) in [6.45, 7) is 5.88. The molecule has 2 aromatic carbocycles. The molecule has 4 rings (SSSR count). The SMILES string of the molecule is CC.Cc1c(Cc2nnc(-c3cccnc3Cl)o2)ccc(Cl)c1Oc1cc(Cl)cc(C#N)c1. The van der Waals surface area contributed by atoms with Gasteiger partial charge in [0.05, 0.1) is 28.6 Å². The zero-order chi connectivity index (χ0) is 24.0. The van der Waals surface area contributed by atoms with Crippen LogP contribution in [0.3, 0.4) is 0 Å².